The highest BCUT2D eigenvalue weighted by Gasteiger charge is 2.29. The summed E-state index contributed by atoms with van der Waals surface area (Å²) < 4.78 is 5.95. The van der Waals surface area contributed by atoms with Crippen molar-refractivity contribution >= 4 is 48.1 Å². The van der Waals surface area contributed by atoms with Gasteiger partial charge in [-0.05, 0) is 88.4 Å². The second-order valence-electron chi connectivity index (χ2n) is 16.9. The number of benzene rings is 4. The summed E-state index contributed by atoms with van der Waals surface area (Å²) in [6, 6.07) is 34.6. The minimum atomic E-state index is -0.0281. The number of carbonyl (C=O) groups excluding carboxylic acids is 1. The first kappa shape index (κ1) is 47.7. The van der Waals surface area contributed by atoms with Crippen LogP contribution in [0, 0.1) is 6.92 Å². The zero-order chi connectivity index (χ0) is 43.3. The Morgan fingerprint density at radius 2 is 1.32 bits per heavy atom. The average molecular weight is 894 g/mol. The standard InChI is InChI=1S/C23H23ClN6O2.2C13H20N2.H2S/c1-15-3-5-20(30-25-8-9-26-30)18(13-15)22(31)29-12-11-28(10-7-16(29)2)23-27-19-14-17(24)4-6-21(19)32-23;2*1-12-7-9-15(10-8-14-12)11-13-5-3-2-4-6-13;/h3-6,8-9,13-14,16H,7,10-12H2,1-2H3;2*2-6,12,14H,7-11H2,1H3;1H2/t16-;12-;;/m00../s1. The first-order chi connectivity index (χ1) is 30.2. The summed E-state index contributed by atoms with van der Waals surface area (Å²) in [4.78, 5) is 28.8. The summed E-state index contributed by atoms with van der Waals surface area (Å²) in [5.74, 6) is -0.0281. The molecule has 9 rings (SSSR count). The second-order valence-corrected chi connectivity index (χ2v) is 17.3. The molecule has 3 aliphatic rings. The average Bonchev–Trinajstić information content (AvgIpc) is 3.80. The third-order valence-corrected chi connectivity index (χ3v) is 12.2. The number of amides is 1. The molecule has 2 aromatic heterocycles. The number of halogens is 1. The van der Waals surface area contributed by atoms with Crippen molar-refractivity contribution in [2.75, 3.05) is 63.8 Å². The lowest BCUT2D eigenvalue weighted by molar-refractivity contribution is 0.0704. The van der Waals surface area contributed by atoms with Crippen LogP contribution in [0.25, 0.3) is 16.8 Å². The van der Waals surface area contributed by atoms with E-state index in [1.54, 1.807) is 24.5 Å². The van der Waals surface area contributed by atoms with Crippen molar-refractivity contribution in [3.8, 4) is 5.69 Å². The van der Waals surface area contributed by atoms with Gasteiger partial charge in [-0.3, -0.25) is 14.6 Å². The first-order valence-electron chi connectivity index (χ1n) is 22.3. The molecule has 0 bridgehead atoms. The van der Waals surface area contributed by atoms with Gasteiger partial charge in [-0.1, -0.05) is 83.9 Å². The Kier molecular flexibility index (Phi) is 18.0. The summed E-state index contributed by atoms with van der Waals surface area (Å²) in [5, 5.41) is 16.1. The minimum Gasteiger partial charge on any atom is -0.423 e. The van der Waals surface area contributed by atoms with Crippen molar-refractivity contribution in [2.45, 2.75) is 78.2 Å². The van der Waals surface area contributed by atoms with Crippen molar-refractivity contribution in [2.24, 2.45) is 0 Å². The van der Waals surface area contributed by atoms with Crippen LogP contribution in [0.3, 0.4) is 0 Å². The van der Waals surface area contributed by atoms with Crippen LogP contribution in [0.15, 0.2) is 114 Å². The highest BCUT2D eigenvalue weighted by atomic mass is 35.5. The van der Waals surface area contributed by atoms with Crippen LogP contribution in [-0.2, 0) is 13.1 Å². The molecule has 3 atom stereocenters. The molecule has 1 amide bonds. The molecular formula is C49H65ClN10O2S. The van der Waals surface area contributed by atoms with Crippen LogP contribution in [0.5, 0.6) is 0 Å². The molecule has 6 aromatic rings. The van der Waals surface area contributed by atoms with Gasteiger partial charge in [-0.25, -0.2) is 0 Å². The fraction of sp³-hybridized carbons (Fsp3) is 0.429. The lowest BCUT2D eigenvalue weighted by atomic mass is 10.1. The smallest absolute Gasteiger partial charge is 0.298 e. The van der Waals surface area contributed by atoms with Crippen molar-refractivity contribution in [3.05, 3.63) is 137 Å². The number of hydrogen-bond donors (Lipinski definition) is 2. The van der Waals surface area contributed by atoms with Gasteiger partial charge in [0.15, 0.2) is 5.58 Å². The summed E-state index contributed by atoms with van der Waals surface area (Å²) in [7, 11) is 0. The Bertz CT molecular complexity index is 2220. The van der Waals surface area contributed by atoms with E-state index in [0.29, 0.717) is 53.0 Å². The molecule has 0 aliphatic carbocycles. The Labute approximate surface area is 385 Å². The maximum atomic E-state index is 13.6. The number of carbonyl (C=O) groups is 1. The molecule has 63 heavy (non-hydrogen) atoms. The third-order valence-electron chi connectivity index (χ3n) is 11.9. The van der Waals surface area contributed by atoms with Crippen molar-refractivity contribution in [1.82, 2.24) is 45.3 Å². The van der Waals surface area contributed by atoms with E-state index in [1.807, 2.05) is 36.1 Å². The van der Waals surface area contributed by atoms with E-state index in [1.165, 1.54) is 54.9 Å². The molecule has 1 unspecified atom stereocenters. The molecule has 5 heterocycles. The molecule has 0 saturated carbocycles. The molecule has 3 saturated heterocycles. The van der Waals surface area contributed by atoms with E-state index < -0.39 is 0 Å². The molecule has 3 aliphatic heterocycles. The largest absolute Gasteiger partial charge is 0.423 e. The number of oxazole rings is 1. The summed E-state index contributed by atoms with van der Waals surface area (Å²) >= 11 is 6.08. The van der Waals surface area contributed by atoms with Gasteiger partial charge < -0.3 is 24.9 Å². The number of rotatable bonds is 7. The van der Waals surface area contributed by atoms with E-state index in [4.69, 9.17) is 16.0 Å². The van der Waals surface area contributed by atoms with Gasteiger partial charge in [0, 0.05) is 95.1 Å². The van der Waals surface area contributed by atoms with E-state index in [2.05, 4.69) is 122 Å². The molecule has 336 valence electrons. The van der Waals surface area contributed by atoms with E-state index in [0.717, 1.165) is 50.2 Å². The molecule has 14 heteroatoms. The van der Waals surface area contributed by atoms with Gasteiger partial charge in [0.2, 0.25) is 0 Å². The molecular weight excluding hydrogens is 828 g/mol. The predicted octanol–water partition coefficient (Wildman–Crippen LogP) is 7.96. The molecule has 4 aromatic carbocycles. The van der Waals surface area contributed by atoms with Gasteiger partial charge in [-0.2, -0.15) is 33.5 Å². The van der Waals surface area contributed by atoms with E-state index >= 15 is 0 Å². The number of aryl methyl sites for hydroxylation is 1. The van der Waals surface area contributed by atoms with Crippen LogP contribution in [0.4, 0.5) is 6.01 Å². The van der Waals surface area contributed by atoms with Gasteiger partial charge in [0.25, 0.3) is 11.9 Å². The highest BCUT2D eigenvalue weighted by Crippen LogP contribution is 2.27. The lowest BCUT2D eigenvalue weighted by Gasteiger charge is -2.27. The Morgan fingerprint density at radius 3 is 1.92 bits per heavy atom. The van der Waals surface area contributed by atoms with Crippen molar-refractivity contribution in [1.29, 1.82) is 0 Å². The van der Waals surface area contributed by atoms with Gasteiger partial charge in [-0.15, -0.1) is 0 Å². The Hall–Kier alpha value is -4.76. The zero-order valence-corrected chi connectivity index (χ0v) is 39.1. The Balaban J connectivity index is 0.000000178. The zero-order valence-electron chi connectivity index (χ0n) is 37.3. The topological polar surface area (TPSA) is 111 Å². The summed E-state index contributed by atoms with van der Waals surface area (Å²) in [6.07, 6.45) is 6.52. The van der Waals surface area contributed by atoms with Gasteiger partial charge in [0.1, 0.15) is 5.52 Å². The second kappa shape index (κ2) is 23.8. The van der Waals surface area contributed by atoms with Crippen molar-refractivity contribution < 1.29 is 9.21 Å². The van der Waals surface area contributed by atoms with Crippen LogP contribution in [0.2, 0.25) is 5.02 Å². The van der Waals surface area contributed by atoms with E-state index in [9.17, 15) is 4.79 Å². The maximum absolute atomic E-state index is 13.6. The normalized spacial score (nSPS) is 19.9. The predicted molar refractivity (Wildman–Crippen MR) is 260 cm³/mol. The van der Waals surface area contributed by atoms with E-state index in [-0.39, 0.29) is 25.4 Å². The number of anilines is 1. The highest BCUT2D eigenvalue weighted by molar-refractivity contribution is 7.59. The van der Waals surface area contributed by atoms with Gasteiger partial charge in [0.05, 0.1) is 23.6 Å². The number of aromatic nitrogens is 4. The van der Waals surface area contributed by atoms with Gasteiger partial charge >= 0.3 is 0 Å². The minimum absolute atomic E-state index is 0. The Morgan fingerprint density at radius 1 is 0.714 bits per heavy atom. The fourth-order valence-corrected chi connectivity index (χ4v) is 8.35. The molecule has 0 spiro atoms. The van der Waals surface area contributed by atoms with Crippen LogP contribution in [-0.4, -0.2) is 118 Å². The molecule has 3 fully saturated rings. The summed E-state index contributed by atoms with van der Waals surface area (Å²) in [5.41, 5.74) is 6.56. The number of hydrogen-bond acceptors (Lipinski definition) is 10. The molecule has 12 nitrogen and oxygen atoms in total. The number of nitrogens with zero attached hydrogens (tertiary/aromatic N) is 8. The van der Waals surface area contributed by atoms with Crippen molar-refractivity contribution in [3.63, 3.8) is 0 Å². The molecule has 0 radical (unpaired) electrons. The molecule has 2 N–H and O–H groups in total. The maximum Gasteiger partial charge on any atom is 0.298 e. The van der Waals surface area contributed by atoms with Crippen LogP contribution >= 0.6 is 25.1 Å². The van der Waals surface area contributed by atoms with Crippen LogP contribution in [0.1, 0.15) is 67.1 Å². The fourth-order valence-electron chi connectivity index (χ4n) is 8.18. The van der Waals surface area contributed by atoms with Crippen LogP contribution < -0.4 is 15.5 Å². The SMILES string of the molecule is CC1CCN(Cc2ccccc2)CCN1.C[C@H]1CCN(Cc2ccccc2)CCN1.Cc1ccc(-n2nccn2)c(C(=O)N2CCN(c3nc4cc(Cl)ccc4o3)CC[C@@H]2C)c1.S. The monoisotopic (exact) mass is 892 g/mol. The number of fused-ring (bicyclic) bond motifs is 1. The first-order valence-corrected chi connectivity index (χ1v) is 22.6. The quantitative estimate of drug-likeness (QED) is 0.164. The lowest BCUT2D eigenvalue weighted by Crippen LogP contribution is -2.40. The number of nitrogens with one attached hydrogen (secondary N) is 2. The summed E-state index contributed by atoms with van der Waals surface area (Å²) in [6.45, 7) is 19.7. The third kappa shape index (κ3) is 13.9.